The second-order valence-electron chi connectivity index (χ2n) is 2.89. The molecule has 0 aliphatic carbocycles. The van der Waals surface area contributed by atoms with Gasteiger partial charge in [0.05, 0.1) is 5.56 Å². The molecule has 0 aliphatic rings. The average molecular weight is 190 g/mol. The van der Waals surface area contributed by atoms with Crippen LogP contribution >= 0.6 is 0 Å². The number of nitrogens with one attached hydrogen (secondary N) is 2. The summed E-state index contributed by atoms with van der Waals surface area (Å²) in [6.07, 6.45) is 0.379. The fourth-order valence-electron chi connectivity index (χ4n) is 1.20. The maximum Gasteiger partial charge on any atom is 0.259 e. The van der Waals surface area contributed by atoms with E-state index in [1.165, 1.54) is 0 Å². The predicted molar refractivity (Wildman–Crippen MR) is 57.7 cm³/mol. The summed E-state index contributed by atoms with van der Waals surface area (Å²) in [4.78, 5) is 21.5. The molecule has 1 aromatic rings. The summed E-state index contributed by atoms with van der Waals surface area (Å²) in [5.41, 5.74) is 2.15. The first kappa shape index (κ1) is 10.3. The van der Waals surface area contributed by atoms with E-state index in [1.54, 1.807) is 19.2 Å². The molecule has 2 N–H and O–H groups in total. The average Bonchev–Trinajstić information content (AvgIpc) is 2.18. The van der Waals surface area contributed by atoms with Gasteiger partial charge in [-0.3, -0.25) is 14.9 Å². The molecule has 0 saturated carbocycles. The van der Waals surface area contributed by atoms with Crippen LogP contribution in [0.2, 0.25) is 0 Å². The predicted octanol–water partition coefficient (Wildman–Crippen LogP) is -1.13. The van der Waals surface area contributed by atoms with Gasteiger partial charge in [-0.15, -0.1) is 0 Å². The fourth-order valence-corrected chi connectivity index (χ4v) is 1.20. The molecule has 0 heterocycles. The topological polar surface area (TPSA) is 58.2 Å². The summed E-state index contributed by atoms with van der Waals surface area (Å²) >= 11 is 0. The van der Waals surface area contributed by atoms with Crippen molar-refractivity contribution in [2.45, 2.75) is 0 Å². The Bertz CT molecular complexity index is 366. The van der Waals surface area contributed by atoms with Crippen molar-refractivity contribution in [1.29, 1.82) is 0 Å². The van der Waals surface area contributed by atoms with Gasteiger partial charge in [0.2, 0.25) is 6.41 Å². The van der Waals surface area contributed by atoms with Gasteiger partial charge in [-0.25, -0.2) is 0 Å². The van der Waals surface area contributed by atoms with Crippen LogP contribution in [-0.4, -0.2) is 27.2 Å². The van der Waals surface area contributed by atoms with Gasteiger partial charge in [0.25, 0.3) is 5.91 Å². The van der Waals surface area contributed by atoms with Crippen molar-refractivity contribution in [3.63, 3.8) is 0 Å². The van der Waals surface area contributed by atoms with Crippen molar-refractivity contribution in [1.82, 2.24) is 5.32 Å². The third kappa shape index (κ3) is 2.13. The van der Waals surface area contributed by atoms with E-state index in [4.69, 9.17) is 0 Å². The summed E-state index contributed by atoms with van der Waals surface area (Å²) < 4.78 is 0. The van der Waals surface area contributed by atoms with Crippen molar-refractivity contribution < 1.29 is 9.59 Å². The van der Waals surface area contributed by atoms with Gasteiger partial charge in [-0.2, -0.15) is 0 Å². The third-order valence-corrected chi connectivity index (χ3v) is 1.88. The Balaban J connectivity index is 3.09. The summed E-state index contributed by atoms with van der Waals surface area (Å²) in [6.45, 7) is 0. The van der Waals surface area contributed by atoms with E-state index in [0.717, 1.165) is 5.46 Å². The molecule has 0 radical (unpaired) electrons. The number of hydrogen-bond donors (Lipinski definition) is 2. The lowest BCUT2D eigenvalue weighted by Crippen LogP contribution is -2.23. The standard InChI is InChI=1S/C9H11BN2O2/c1-11-8-3-2-6(10)4-7(8)9(14)12-5-13/h2-5,11H,10H2,1H3,(H,12,13,14). The van der Waals surface area contributed by atoms with Crippen LogP contribution in [0.3, 0.4) is 0 Å². The molecular weight excluding hydrogens is 179 g/mol. The number of carbonyl (C=O) groups is 2. The third-order valence-electron chi connectivity index (χ3n) is 1.88. The van der Waals surface area contributed by atoms with Crippen LogP contribution in [-0.2, 0) is 4.79 Å². The summed E-state index contributed by atoms with van der Waals surface area (Å²) in [5.74, 6) is -0.395. The number of carbonyl (C=O) groups excluding carboxylic acids is 2. The molecule has 0 fully saturated rings. The van der Waals surface area contributed by atoms with Gasteiger partial charge in [0.1, 0.15) is 7.85 Å². The Morgan fingerprint density at radius 2 is 2.21 bits per heavy atom. The zero-order chi connectivity index (χ0) is 10.6. The molecule has 0 bridgehead atoms. The number of anilines is 1. The lowest BCUT2D eigenvalue weighted by Gasteiger charge is -2.07. The molecule has 5 heteroatoms. The molecule has 1 rings (SSSR count). The molecule has 0 atom stereocenters. The molecule has 0 aromatic heterocycles. The van der Waals surface area contributed by atoms with Gasteiger partial charge in [-0.05, 0) is 6.07 Å². The first-order chi connectivity index (χ1) is 6.69. The van der Waals surface area contributed by atoms with E-state index in [9.17, 15) is 9.59 Å². The molecule has 1 aromatic carbocycles. The van der Waals surface area contributed by atoms with Gasteiger partial charge in [-0.1, -0.05) is 17.6 Å². The minimum atomic E-state index is -0.395. The fraction of sp³-hybridized carbons (Fsp3) is 0.111. The minimum absolute atomic E-state index is 0.379. The molecule has 0 aliphatic heterocycles. The molecule has 0 saturated heterocycles. The molecular formula is C9H11BN2O2. The molecule has 0 spiro atoms. The lowest BCUT2D eigenvalue weighted by atomic mass is 9.93. The molecule has 2 amide bonds. The minimum Gasteiger partial charge on any atom is -0.387 e. The summed E-state index contributed by atoms with van der Waals surface area (Å²) in [6, 6.07) is 5.42. The van der Waals surface area contributed by atoms with Gasteiger partial charge >= 0.3 is 0 Å². The quantitative estimate of drug-likeness (QED) is 0.468. The summed E-state index contributed by atoms with van der Waals surface area (Å²) in [5, 5.41) is 4.99. The van der Waals surface area contributed by atoms with Crippen LogP contribution in [0.4, 0.5) is 5.69 Å². The van der Waals surface area contributed by atoms with E-state index in [0.29, 0.717) is 17.7 Å². The first-order valence-electron chi connectivity index (χ1n) is 4.22. The van der Waals surface area contributed by atoms with Crippen molar-refractivity contribution in [3.05, 3.63) is 23.8 Å². The highest BCUT2D eigenvalue weighted by atomic mass is 16.2. The van der Waals surface area contributed by atoms with E-state index in [1.807, 2.05) is 13.9 Å². The summed E-state index contributed by atoms with van der Waals surface area (Å²) in [7, 11) is 3.61. The van der Waals surface area contributed by atoms with Crippen molar-refractivity contribution in [2.75, 3.05) is 12.4 Å². The van der Waals surface area contributed by atoms with Crippen molar-refractivity contribution in [2.24, 2.45) is 0 Å². The van der Waals surface area contributed by atoms with Gasteiger partial charge in [0.15, 0.2) is 0 Å². The Morgan fingerprint density at radius 3 is 2.79 bits per heavy atom. The first-order valence-corrected chi connectivity index (χ1v) is 4.22. The maximum absolute atomic E-state index is 11.4. The zero-order valence-corrected chi connectivity index (χ0v) is 8.13. The van der Waals surface area contributed by atoms with Crippen molar-refractivity contribution in [3.8, 4) is 0 Å². The Labute approximate surface area is 83.1 Å². The Morgan fingerprint density at radius 1 is 1.50 bits per heavy atom. The van der Waals surface area contributed by atoms with E-state index < -0.39 is 5.91 Å². The van der Waals surface area contributed by atoms with Gasteiger partial charge in [0, 0.05) is 12.7 Å². The molecule has 72 valence electrons. The van der Waals surface area contributed by atoms with E-state index >= 15 is 0 Å². The van der Waals surface area contributed by atoms with Crippen LogP contribution in [0.5, 0.6) is 0 Å². The lowest BCUT2D eigenvalue weighted by molar-refractivity contribution is -0.108. The smallest absolute Gasteiger partial charge is 0.259 e. The second kappa shape index (κ2) is 4.46. The number of rotatable bonds is 3. The van der Waals surface area contributed by atoms with Crippen molar-refractivity contribution >= 4 is 31.3 Å². The zero-order valence-electron chi connectivity index (χ0n) is 8.13. The number of amides is 2. The monoisotopic (exact) mass is 190 g/mol. The highest BCUT2D eigenvalue weighted by Gasteiger charge is 2.09. The highest BCUT2D eigenvalue weighted by Crippen LogP contribution is 2.11. The van der Waals surface area contributed by atoms with Crippen LogP contribution in [0, 0.1) is 0 Å². The van der Waals surface area contributed by atoms with Crippen LogP contribution in [0.1, 0.15) is 10.4 Å². The Hall–Kier alpha value is -1.78. The Kier molecular flexibility index (Phi) is 3.28. The highest BCUT2D eigenvalue weighted by molar-refractivity contribution is 6.33. The normalized spacial score (nSPS) is 9.21. The van der Waals surface area contributed by atoms with E-state index in [-0.39, 0.29) is 0 Å². The van der Waals surface area contributed by atoms with E-state index in [2.05, 4.69) is 10.6 Å². The second-order valence-corrected chi connectivity index (χ2v) is 2.89. The molecule has 4 nitrogen and oxygen atoms in total. The van der Waals surface area contributed by atoms with Crippen LogP contribution in [0.25, 0.3) is 0 Å². The number of imide groups is 1. The molecule has 14 heavy (non-hydrogen) atoms. The largest absolute Gasteiger partial charge is 0.387 e. The number of hydrogen-bond acceptors (Lipinski definition) is 3. The maximum atomic E-state index is 11.4. The van der Waals surface area contributed by atoms with Crippen LogP contribution in [0.15, 0.2) is 18.2 Å². The van der Waals surface area contributed by atoms with Crippen LogP contribution < -0.4 is 16.1 Å². The molecule has 0 unspecified atom stereocenters. The number of benzene rings is 1. The SMILES string of the molecule is Bc1ccc(NC)c(C(=O)NC=O)c1. The van der Waals surface area contributed by atoms with Gasteiger partial charge < -0.3 is 5.32 Å².